The number of hydrogen-bond acceptors (Lipinski definition) is 3. The third kappa shape index (κ3) is 2.66. The van der Waals surface area contributed by atoms with E-state index in [1.54, 1.807) is 0 Å². The highest BCUT2D eigenvalue weighted by Gasteiger charge is 2.20. The predicted octanol–water partition coefficient (Wildman–Crippen LogP) is 3.18. The third-order valence-corrected chi connectivity index (χ3v) is 3.27. The summed E-state index contributed by atoms with van der Waals surface area (Å²) >= 11 is 0. The van der Waals surface area contributed by atoms with Crippen molar-refractivity contribution in [3.05, 3.63) is 23.8 Å². The molecule has 0 amide bonds. The van der Waals surface area contributed by atoms with Gasteiger partial charge in [-0.2, -0.15) is 0 Å². The summed E-state index contributed by atoms with van der Waals surface area (Å²) in [6.07, 6.45) is 0.893. The molecule has 0 N–H and O–H groups in total. The van der Waals surface area contributed by atoms with Gasteiger partial charge in [0.25, 0.3) is 0 Å². The number of carbonyl (C=O) groups is 1. The molecule has 0 spiro atoms. The maximum absolute atomic E-state index is 12.0. The Morgan fingerprint density at radius 1 is 1.11 bits per heavy atom. The monoisotopic (exact) mass is 248 g/mol. The highest BCUT2D eigenvalue weighted by atomic mass is 16.5. The van der Waals surface area contributed by atoms with Crippen molar-refractivity contribution in [1.29, 1.82) is 0 Å². The minimum atomic E-state index is -0.0952. The molecule has 98 valence electrons. The van der Waals surface area contributed by atoms with Gasteiger partial charge in [0, 0.05) is 18.3 Å². The molecule has 0 bridgehead atoms. The molecule has 18 heavy (non-hydrogen) atoms. The van der Waals surface area contributed by atoms with E-state index in [4.69, 9.17) is 9.47 Å². The number of ether oxygens (including phenoxy) is 2. The van der Waals surface area contributed by atoms with Gasteiger partial charge >= 0.3 is 0 Å². The average molecular weight is 248 g/mol. The molecule has 1 aliphatic rings. The summed E-state index contributed by atoms with van der Waals surface area (Å²) in [7, 11) is 0. The van der Waals surface area contributed by atoms with Crippen LogP contribution >= 0.6 is 0 Å². The quantitative estimate of drug-likeness (QED) is 0.824. The SMILES string of the molecule is CC(C)C(=O)C(C)c1ccc2c(c1)OCCCO2. The number of ketones is 1. The highest BCUT2D eigenvalue weighted by Crippen LogP contribution is 2.33. The molecule has 0 saturated heterocycles. The molecule has 0 fully saturated rings. The average Bonchev–Trinajstić information content (AvgIpc) is 2.60. The van der Waals surface area contributed by atoms with Crippen molar-refractivity contribution in [3.63, 3.8) is 0 Å². The fourth-order valence-electron chi connectivity index (χ4n) is 2.11. The van der Waals surface area contributed by atoms with Crippen LogP contribution in [-0.4, -0.2) is 19.0 Å². The summed E-state index contributed by atoms with van der Waals surface area (Å²) in [5.41, 5.74) is 0.998. The molecule has 1 aromatic carbocycles. The van der Waals surface area contributed by atoms with Gasteiger partial charge in [0.1, 0.15) is 5.78 Å². The normalized spacial score (nSPS) is 16.2. The van der Waals surface area contributed by atoms with Gasteiger partial charge in [-0.25, -0.2) is 0 Å². The smallest absolute Gasteiger partial charge is 0.161 e. The second-order valence-corrected chi connectivity index (χ2v) is 5.04. The van der Waals surface area contributed by atoms with Gasteiger partial charge in [0.15, 0.2) is 11.5 Å². The molecule has 1 heterocycles. The van der Waals surface area contributed by atoms with Crippen molar-refractivity contribution < 1.29 is 14.3 Å². The Kier molecular flexibility index (Phi) is 3.90. The van der Waals surface area contributed by atoms with Crippen LogP contribution in [0.25, 0.3) is 0 Å². The molecular weight excluding hydrogens is 228 g/mol. The summed E-state index contributed by atoms with van der Waals surface area (Å²) in [4.78, 5) is 12.0. The summed E-state index contributed by atoms with van der Waals surface area (Å²) < 4.78 is 11.2. The molecule has 2 rings (SSSR count). The first-order valence-electron chi connectivity index (χ1n) is 6.53. The zero-order valence-corrected chi connectivity index (χ0v) is 11.2. The molecule has 0 saturated carbocycles. The minimum Gasteiger partial charge on any atom is -0.490 e. The molecule has 1 aromatic rings. The minimum absolute atomic E-state index is 0.0518. The lowest BCUT2D eigenvalue weighted by Gasteiger charge is -2.15. The molecule has 0 aliphatic carbocycles. The largest absolute Gasteiger partial charge is 0.490 e. The molecular formula is C15H20O3. The van der Waals surface area contributed by atoms with Crippen LogP contribution in [0, 0.1) is 5.92 Å². The Morgan fingerprint density at radius 3 is 2.44 bits per heavy atom. The lowest BCUT2D eigenvalue weighted by molar-refractivity contribution is -0.123. The van der Waals surface area contributed by atoms with Crippen LogP contribution in [0.2, 0.25) is 0 Å². The lowest BCUT2D eigenvalue weighted by Crippen LogP contribution is -2.15. The number of carbonyl (C=O) groups excluding carboxylic acids is 1. The Morgan fingerprint density at radius 2 is 1.78 bits per heavy atom. The Hall–Kier alpha value is -1.51. The van der Waals surface area contributed by atoms with Gasteiger partial charge in [-0.3, -0.25) is 4.79 Å². The van der Waals surface area contributed by atoms with Crippen molar-refractivity contribution in [1.82, 2.24) is 0 Å². The second kappa shape index (κ2) is 5.42. The van der Waals surface area contributed by atoms with Crippen molar-refractivity contribution in [2.75, 3.05) is 13.2 Å². The van der Waals surface area contributed by atoms with Crippen molar-refractivity contribution in [2.24, 2.45) is 5.92 Å². The van der Waals surface area contributed by atoms with E-state index in [1.807, 2.05) is 39.0 Å². The first-order chi connectivity index (χ1) is 8.59. The third-order valence-electron chi connectivity index (χ3n) is 3.27. The van der Waals surface area contributed by atoms with Crippen LogP contribution in [0.5, 0.6) is 11.5 Å². The molecule has 0 radical (unpaired) electrons. The van der Waals surface area contributed by atoms with Gasteiger partial charge in [0.05, 0.1) is 13.2 Å². The van der Waals surface area contributed by atoms with E-state index in [-0.39, 0.29) is 17.6 Å². The van der Waals surface area contributed by atoms with E-state index in [1.165, 1.54) is 0 Å². The summed E-state index contributed by atoms with van der Waals surface area (Å²) in [6.45, 7) is 7.17. The van der Waals surface area contributed by atoms with Crippen molar-refractivity contribution in [2.45, 2.75) is 33.1 Å². The zero-order valence-electron chi connectivity index (χ0n) is 11.2. The Labute approximate surface area is 108 Å². The van der Waals surface area contributed by atoms with Gasteiger partial charge in [-0.1, -0.05) is 26.8 Å². The highest BCUT2D eigenvalue weighted by molar-refractivity contribution is 5.87. The van der Waals surface area contributed by atoms with Crippen LogP contribution < -0.4 is 9.47 Å². The number of hydrogen-bond donors (Lipinski definition) is 0. The Balaban J connectivity index is 2.25. The lowest BCUT2D eigenvalue weighted by atomic mass is 9.90. The van der Waals surface area contributed by atoms with Crippen LogP contribution in [-0.2, 0) is 4.79 Å². The first-order valence-corrected chi connectivity index (χ1v) is 6.53. The fraction of sp³-hybridized carbons (Fsp3) is 0.533. The van der Waals surface area contributed by atoms with Gasteiger partial charge in [-0.15, -0.1) is 0 Å². The molecule has 1 atom stereocenters. The second-order valence-electron chi connectivity index (χ2n) is 5.04. The van der Waals surface area contributed by atoms with Crippen molar-refractivity contribution in [3.8, 4) is 11.5 Å². The van der Waals surface area contributed by atoms with Crippen LogP contribution in [0.4, 0.5) is 0 Å². The number of fused-ring (bicyclic) bond motifs is 1. The molecule has 0 aromatic heterocycles. The molecule has 1 aliphatic heterocycles. The van der Waals surface area contributed by atoms with Gasteiger partial charge < -0.3 is 9.47 Å². The van der Waals surface area contributed by atoms with Crippen LogP contribution in [0.1, 0.15) is 38.7 Å². The maximum atomic E-state index is 12.0. The van der Waals surface area contributed by atoms with E-state index in [9.17, 15) is 4.79 Å². The Bertz CT molecular complexity index is 437. The van der Waals surface area contributed by atoms with E-state index in [2.05, 4.69) is 0 Å². The maximum Gasteiger partial charge on any atom is 0.161 e. The van der Waals surface area contributed by atoms with Crippen LogP contribution in [0.15, 0.2) is 18.2 Å². The number of benzene rings is 1. The molecule has 3 nitrogen and oxygen atoms in total. The standard InChI is InChI=1S/C15H20O3/c1-10(2)15(16)11(3)12-5-6-13-14(9-12)18-8-4-7-17-13/h5-6,9-11H,4,7-8H2,1-3H3. The molecule has 1 unspecified atom stereocenters. The summed E-state index contributed by atoms with van der Waals surface area (Å²) in [5.74, 6) is 1.75. The molecule has 3 heteroatoms. The van der Waals surface area contributed by atoms with E-state index in [0.717, 1.165) is 23.5 Å². The first kappa shape index (κ1) is 12.9. The van der Waals surface area contributed by atoms with Crippen LogP contribution in [0.3, 0.4) is 0 Å². The van der Waals surface area contributed by atoms with Crippen molar-refractivity contribution >= 4 is 5.78 Å². The van der Waals surface area contributed by atoms with E-state index >= 15 is 0 Å². The van der Waals surface area contributed by atoms with E-state index < -0.39 is 0 Å². The van der Waals surface area contributed by atoms with Gasteiger partial charge in [-0.05, 0) is 17.7 Å². The fourth-order valence-corrected chi connectivity index (χ4v) is 2.11. The number of rotatable bonds is 3. The summed E-state index contributed by atoms with van der Waals surface area (Å²) in [5, 5.41) is 0. The number of Topliss-reactive ketones (excluding diaryl/α,β-unsaturated/α-hetero) is 1. The predicted molar refractivity (Wildman–Crippen MR) is 70.3 cm³/mol. The topological polar surface area (TPSA) is 35.5 Å². The summed E-state index contributed by atoms with van der Waals surface area (Å²) in [6, 6.07) is 5.80. The van der Waals surface area contributed by atoms with E-state index in [0.29, 0.717) is 13.2 Å². The zero-order chi connectivity index (χ0) is 13.1. The van der Waals surface area contributed by atoms with Gasteiger partial charge in [0.2, 0.25) is 0 Å².